The van der Waals surface area contributed by atoms with Crippen molar-refractivity contribution in [1.82, 2.24) is 0 Å². The van der Waals surface area contributed by atoms with Crippen LogP contribution < -0.4 is 14.2 Å². The number of aliphatic hydroxyl groups is 4. The minimum Gasteiger partial charge on any atom is -0.507 e. The topological polar surface area (TPSA) is 155 Å². The predicted molar refractivity (Wildman–Crippen MR) is 131 cm³/mol. The third-order valence-corrected chi connectivity index (χ3v) is 6.84. The van der Waals surface area contributed by atoms with Gasteiger partial charge in [0.2, 0.25) is 6.29 Å². The number of methoxy groups -OCH3 is 1. The minimum atomic E-state index is -1.53. The molecule has 0 spiro atoms. The highest BCUT2D eigenvalue weighted by Gasteiger charge is 2.44. The lowest BCUT2D eigenvalue weighted by molar-refractivity contribution is -0.277. The molecular formula is C27H34O10. The summed E-state index contributed by atoms with van der Waals surface area (Å²) < 4.78 is 22.5. The van der Waals surface area contributed by atoms with Gasteiger partial charge in [-0.25, -0.2) is 0 Å². The Bertz CT molecular complexity index is 1110. The molecule has 2 aliphatic rings. The first-order valence-corrected chi connectivity index (χ1v) is 12.3. The summed E-state index contributed by atoms with van der Waals surface area (Å²) in [6.45, 7) is 3.33. The third kappa shape index (κ3) is 5.68. The van der Waals surface area contributed by atoms with Gasteiger partial charge in [0.15, 0.2) is 5.78 Å². The van der Waals surface area contributed by atoms with Crippen LogP contribution in [0.5, 0.6) is 23.0 Å². The second-order valence-electron chi connectivity index (χ2n) is 10.0. The molecule has 5 N–H and O–H groups in total. The van der Waals surface area contributed by atoms with Gasteiger partial charge in [-0.1, -0.05) is 12.1 Å². The fourth-order valence-corrected chi connectivity index (χ4v) is 4.61. The van der Waals surface area contributed by atoms with Crippen molar-refractivity contribution in [2.75, 3.05) is 13.7 Å². The zero-order valence-electron chi connectivity index (χ0n) is 21.1. The van der Waals surface area contributed by atoms with E-state index >= 15 is 0 Å². The molecule has 0 aliphatic carbocycles. The van der Waals surface area contributed by atoms with E-state index in [4.69, 9.17) is 18.9 Å². The number of aliphatic hydroxyl groups excluding tert-OH is 4. The number of hydrogen-bond donors (Lipinski definition) is 5. The number of carbonyl (C=O) groups is 1. The zero-order valence-corrected chi connectivity index (χ0v) is 21.1. The average Bonchev–Trinajstić information content (AvgIpc) is 2.87. The molecule has 0 radical (unpaired) electrons. The number of benzene rings is 2. The standard InChI is InChI=1S/C27H34O10/c1-27(2)11-10-16-18(30)12-19(34-3)21(25(16)37-27)17(29)9-6-14-4-7-15(8-5-14)35-26-24(33)23(32)22(31)20(13-28)36-26/h4-5,7-8,12,20,22-24,26,28,30-33H,6,9-11,13H2,1-3H3/t20-,22-,23+,24-,26-/m1/s1. The number of ketones is 1. The number of phenols is 1. The maximum absolute atomic E-state index is 13.3. The Kier molecular flexibility index (Phi) is 7.96. The van der Waals surface area contributed by atoms with E-state index in [0.717, 1.165) is 5.56 Å². The molecule has 1 saturated heterocycles. The lowest BCUT2D eigenvalue weighted by Crippen LogP contribution is -2.60. The van der Waals surface area contributed by atoms with Crippen LogP contribution in [0.2, 0.25) is 0 Å². The van der Waals surface area contributed by atoms with Gasteiger partial charge < -0.3 is 44.5 Å². The Hall–Kier alpha value is -2.89. The SMILES string of the molecule is COc1cc(O)c2c(c1C(=O)CCc1ccc(O[C@@H]3O[C@H](CO)[C@@H](O)[C@H](O)[C@H]3O)cc1)OC(C)(C)CC2. The molecule has 0 amide bonds. The van der Waals surface area contributed by atoms with E-state index in [2.05, 4.69) is 0 Å². The van der Waals surface area contributed by atoms with Crippen LogP contribution in [0.3, 0.4) is 0 Å². The summed E-state index contributed by atoms with van der Waals surface area (Å²) in [5.41, 5.74) is 1.31. The lowest BCUT2D eigenvalue weighted by atomic mass is 9.90. The van der Waals surface area contributed by atoms with Gasteiger partial charge in [-0.15, -0.1) is 0 Å². The van der Waals surface area contributed by atoms with Gasteiger partial charge in [0.25, 0.3) is 0 Å². The van der Waals surface area contributed by atoms with Crippen molar-refractivity contribution in [1.29, 1.82) is 0 Å². The molecule has 10 nitrogen and oxygen atoms in total. The molecule has 1 fully saturated rings. The molecule has 10 heteroatoms. The van der Waals surface area contributed by atoms with Crippen molar-refractivity contribution < 1.29 is 49.3 Å². The molecule has 0 bridgehead atoms. The van der Waals surface area contributed by atoms with E-state index in [9.17, 15) is 30.3 Å². The minimum absolute atomic E-state index is 0.0499. The van der Waals surface area contributed by atoms with Gasteiger partial charge in [0.1, 0.15) is 58.6 Å². The molecule has 2 heterocycles. The molecule has 2 aliphatic heterocycles. The van der Waals surface area contributed by atoms with E-state index in [1.807, 2.05) is 13.8 Å². The number of rotatable bonds is 8. The summed E-state index contributed by atoms with van der Waals surface area (Å²) in [5, 5.41) is 49.7. The first-order valence-electron chi connectivity index (χ1n) is 12.3. The van der Waals surface area contributed by atoms with Crippen LogP contribution >= 0.6 is 0 Å². The monoisotopic (exact) mass is 518 g/mol. The number of ether oxygens (including phenoxy) is 4. The first-order chi connectivity index (χ1) is 17.5. The number of Topliss-reactive ketones (excluding diaryl/α,β-unsaturated/α-hetero) is 1. The van der Waals surface area contributed by atoms with Crippen LogP contribution in [-0.4, -0.2) is 81.3 Å². The number of carbonyl (C=O) groups excluding carboxylic acids is 1. The predicted octanol–water partition coefficient (Wildman–Crippen LogP) is 1.50. The second kappa shape index (κ2) is 10.8. The van der Waals surface area contributed by atoms with E-state index in [1.165, 1.54) is 13.2 Å². The molecule has 0 saturated carbocycles. The maximum atomic E-state index is 13.3. The van der Waals surface area contributed by atoms with Gasteiger partial charge >= 0.3 is 0 Å². The van der Waals surface area contributed by atoms with Crippen molar-refractivity contribution in [2.24, 2.45) is 0 Å². The molecule has 202 valence electrons. The second-order valence-corrected chi connectivity index (χ2v) is 10.0. The number of fused-ring (bicyclic) bond motifs is 1. The summed E-state index contributed by atoms with van der Waals surface area (Å²) >= 11 is 0. The Morgan fingerprint density at radius 2 is 1.81 bits per heavy atom. The third-order valence-electron chi connectivity index (χ3n) is 6.84. The summed E-state index contributed by atoms with van der Waals surface area (Å²) in [5.74, 6) is 0.856. The van der Waals surface area contributed by atoms with Gasteiger partial charge in [-0.2, -0.15) is 0 Å². The molecular weight excluding hydrogens is 484 g/mol. The number of aryl methyl sites for hydroxylation is 1. The Labute approximate surface area is 215 Å². The van der Waals surface area contributed by atoms with E-state index < -0.39 is 42.9 Å². The Morgan fingerprint density at radius 1 is 1.11 bits per heavy atom. The van der Waals surface area contributed by atoms with E-state index in [1.54, 1.807) is 24.3 Å². The summed E-state index contributed by atoms with van der Waals surface area (Å²) in [4.78, 5) is 13.3. The Balaban J connectivity index is 1.44. The lowest BCUT2D eigenvalue weighted by Gasteiger charge is -2.39. The molecule has 0 unspecified atom stereocenters. The smallest absolute Gasteiger partial charge is 0.229 e. The molecule has 0 aromatic heterocycles. The van der Waals surface area contributed by atoms with Crippen LogP contribution in [-0.2, 0) is 17.6 Å². The summed E-state index contributed by atoms with van der Waals surface area (Å²) in [7, 11) is 1.44. The van der Waals surface area contributed by atoms with Gasteiger partial charge in [0.05, 0.1) is 13.7 Å². The fraction of sp³-hybridized carbons (Fsp3) is 0.519. The highest BCUT2D eigenvalue weighted by molar-refractivity contribution is 6.02. The van der Waals surface area contributed by atoms with Crippen LogP contribution in [0, 0.1) is 0 Å². The molecule has 2 aromatic rings. The van der Waals surface area contributed by atoms with Gasteiger partial charge in [0, 0.05) is 18.1 Å². The van der Waals surface area contributed by atoms with Crippen LogP contribution in [0.4, 0.5) is 0 Å². The van der Waals surface area contributed by atoms with E-state index in [-0.39, 0.29) is 23.7 Å². The number of phenolic OH excluding ortho intramolecular Hbond substituents is 1. The van der Waals surface area contributed by atoms with Gasteiger partial charge in [-0.3, -0.25) is 4.79 Å². The Morgan fingerprint density at radius 3 is 2.46 bits per heavy atom. The summed E-state index contributed by atoms with van der Waals surface area (Å²) in [6.07, 6.45) is -4.95. The molecule has 37 heavy (non-hydrogen) atoms. The zero-order chi connectivity index (χ0) is 26.9. The van der Waals surface area contributed by atoms with Crippen molar-refractivity contribution in [3.63, 3.8) is 0 Å². The van der Waals surface area contributed by atoms with Crippen molar-refractivity contribution in [3.05, 3.63) is 47.0 Å². The molecule has 4 rings (SSSR count). The average molecular weight is 519 g/mol. The van der Waals surface area contributed by atoms with Crippen LogP contribution in [0.15, 0.2) is 30.3 Å². The largest absolute Gasteiger partial charge is 0.507 e. The molecule has 2 aromatic carbocycles. The number of aromatic hydroxyl groups is 1. The quantitative estimate of drug-likeness (QED) is 0.325. The normalized spacial score (nSPS) is 26.6. The van der Waals surface area contributed by atoms with Crippen molar-refractivity contribution in [3.8, 4) is 23.0 Å². The maximum Gasteiger partial charge on any atom is 0.229 e. The van der Waals surface area contributed by atoms with Crippen LogP contribution in [0.25, 0.3) is 0 Å². The highest BCUT2D eigenvalue weighted by Crippen LogP contribution is 2.45. The summed E-state index contributed by atoms with van der Waals surface area (Å²) in [6, 6.07) is 8.25. The van der Waals surface area contributed by atoms with E-state index in [0.29, 0.717) is 41.9 Å². The van der Waals surface area contributed by atoms with Gasteiger partial charge in [-0.05, 0) is 50.8 Å². The highest BCUT2D eigenvalue weighted by atomic mass is 16.7. The number of hydrogen-bond acceptors (Lipinski definition) is 10. The first kappa shape index (κ1) is 27.2. The fourth-order valence-electron chi connectivity index (χ4n) is 4.61. The molecule has 5 atom stereocenters. The van der Waals surface area contributed by atoms with Crippen LogP contribution in [0.1, 0.15) is 48.2 Å². The van der Waals surface area contributed by atoms with Crippen molar-refractivity contribution in [2.45, 2.75) is 75.8 Å². The van der Waals surface area contributed by atoms with Crippen molar-refractivity contribution >= 4 is 5.78 Å².